The van der Waals surface area contributed by atoms with E-state index in [2.05, 4.69) is 15.5 Å². The number of ether oxygens (including phenoxy) is 1. The second-order valence-electron chi connectivity index (χ2n) is 4.14. The molecule has 1 aliphatic heterocycles. The van der Waals surface area contributed by atoms with Crippen molar-refractivity contribution in [2.45, 2.75) is 19.8 Å². The quantitative estimate of drug-likeness (QED) is 0.801. The number of hydrogen-bond donors (Lipinski definition) is 2. The molecule has 0 saturated carbocycles. The molecule has 1 aromatic heterocycles. The van der Waals surface area contributed by atoms with Gasteiger partial charge in [0.1, 0.15) is 10.4 Å². The van der Waals surface area contributed by atoms with Crippen molar-refractivity contribution in [3.05, 3.63) is 5.01 Å². The summed E-state index contributed by atoms with van der Waals surface area (Å²) in [6.45, 7) is 2.80. The first-order valence-corrected chi connectivity index (χ1v) is 6.76. The van der Waals surface area contributed by atoms with E-state index in [1.165, 1.54) is 11.3 Å². The van der Waals surface area contributed by atoms with Crippen LogP contribution in [0, 0.1) is 12.3 Å². The van der Waals surface area contributed by atoms with Crippen LogP contribution >= 0.6 is 23.6 Å². The fourth-order valence-corrected chi connectivity index (χ4v) is 2.75. The molecular weight excluding hydrogens is 272 g/mol. The minimum Gasteiger partial charge on any atom is -0.392 e. The number of rotatable bonds is 3. The molecule has 0 aliphatic carbocycles. The second kappa shape index (κ2) is 5.25. The average molecular weight is 286 g/mol. The summed E-state index contributed by atoms with van der Waals surface area (Å²) in [6, 6.07) is 0. The third-order valence-corrected chi connectivity index (χ3v) is 4.14. The van der Waals surface area contributed by atoms with E-state index in [0.29, 0.717) is 31.2 Å². The van der Waals surface area contributed by atoms with Gasteiger partial charge in [0, 0.05) is 13.2 Å². The number of nitrogens with two attached hydrogens (primary N) is 1. The minimum atomic E-state index is -0.826. The Hall–Kier alpha value is -1.12. The van der Waals surface area contributed by atoms with Gasteiger partial charge in [0.15, 0.2) is 0 Å². The Labute approximate surface area is 114 Å². The van der Waals surface area contributed by atoms with Crippen molar-refractivity contribution in [2.24, 2.45) is 11.1 Å². The highest BCUT2D eigenvalue weighted by Crippen LogP contribution is 2.32. The first-order chi connectivity index (χ1) is 8.54. The van der Waals surface area contributed by atoms with Crippen molar-refractivity contribution in [2.75, 3.05) is 18.5 Å². The lowest BCUT2D eigenvalue weighted by Crippen LogP contribution is -2.49. The Morgan fingerprint density at radius 2 is 2.17 bits per heavy atom. The summed E-state index contributed by atoms with van der Waals surface area (Å²) in [5.74, 6) is -0.213. The Morgan fingerprint density at radius 3 is 2.67 bits per heavy atom. The van der Waals surface area contributed by atoms with E-state index in [4.69, 9.17) is 22.7 Å². The molecule has 1 saturated heterocycles. The molecule has 3 N–H and O–H groups in total. The monoisotopic (exact) mass is 286 g/mol. The molecule has 1 aromatic rings. The van der Waals surface area contributed by atoms with Gasteiger partial charge >= 0.3 is 0 Å². The zero-order valence-electron chi connectivity index (χ0n) is 9.93. The number of anilines is 1. The first kappa shape index (κ1) is 13.3. The van der Waals surface area contributed by atoms with Crippen molar-refractivity contribution < 1.29 is 9.53 Å². The van der Waals surface area contributed by atoms with Gasteiger partial charge in [0.25, 0.3) is 0 Å². The molecule has 6 nitrogen and oxygen atoms in total. The summed E-state index contributed by atoms with van der Waals surface area (Å²) in [5, 5.41) is 11.7. The second-order valence-corrected chi connectivity index (χ2v) is 5.76. The maximum absolute atomic E-state index is 12.3. The van der Waals surface area contributed by atoms with E-state index in [1.54, 1.807) is 0 Å². The van der Waals surface area contributed by atoms with E-state index in [0.717, 1.165) is 5.01 Å². The number of carbonyl (C=O) groups excluding carboxylic acids is 1. The molecule has 1 aliphatic rings. The van der Waals surface area contributed by atoms with Gasteiger partial charge in [-0.05, 0) is 19.8 Å². The number of amides is 1. The lowest BCUT2D eigenvalue weighted by Gasteiger charge is -2.34. The lowest BCUT2D eigenvalue weighted by atomic mass is 9.79. The van der Waals surface area contributed by atoms with E-state index >= 15 is 0 Å². The van der Waals surface area contributed by atoms with Gasteiger partial charge in [-0.25, -0.2) is 0 Å². The van der Waals surface area contributed by atoms with Gasteiger partial charge in [-0.1, -0.05) is 23.6 Å². The van der Waals surface area contributed by atoms with Crippen LogP contribution in [0.5, 0.6) is 0 Å². The first-order valence-electron chi connectivity index (χ1n) is 5.54. The number of thiocarbonyl (C=S) groups is 1. The predicted molar refractivity (Wildman–Crippen MR) is 72.5 cm³/mol. The molecule has 2 rings (SSSR count). The van der Waals surface area contributed by atoms with Gasteiger partial charge in [0.05, 0.1) is 4.99 Å². The molecule has 98 valence electrons. The van der Waals surface area contributed by atoms with Gasteiger partial charge in [-0.15, -0.1) is 10.2 Å². The molecule has 0 radical (unpaired) electrons. The fraction of sp³-hybridized carbons (Fsp3) is 0.600. The van der Waals surface area contributed by atoms with Gasteiger partial charge in [-0.2, -0.15) is 0 Å². The summed E-state index contributed by atoms with van der Waals surface area (Å²) < 4.78 is 5.26. The van der Waals surface area contributed by atoms with E-state index in [-0.39, 0.29) is 10.9 Å². The average Bonchev–Trinajstić information content (AvgIpc) is 2.75. The number of nitrogens with one attached hydrogen (secondary N) is 1. The highest BCUT2D eigenvalue weighted by molar-refractivity contribution is 7.80. The summed E-state index contributed by atoms with van der Waals surface area (Å²) in [5.41, 5.74) is 4.92. The van der Waals surface area contributed by atoms with Gasteiger partial charge in [-0.3, -0.25) is 10.1 Å². The molecule has 18 heavy (non-hydrogen) atoms. The zero-order valence-corrected chi connectivity index (χ0v) is 11.6. The van der Waals surface area contributed by atoms with Gasteiger partial charge < -0.3 is 10.5 Å². The third kappa shape index (κ3) is 2.50. The molecule has 0 atom stereocenters. The molecule has 0 bridgehead atoms. The largest absolute Gasteiger partial charge is 0.392 e. The minimum absolute atomic E-state index is 0.213. The number of aromatic nitrogens is 2. The highest BCUT2D eigenvalue weighted by atomic mass is 32.1. The third-order valence-electron chi connectivity index (χ3n) is 3.00. The molecule has 0 unspecified atom stereocenters. The maximum atomic E-state index is 12.3. The van der Waals surface area contributed by atoms with Crippen LogP contribution < -0.4 is 11.1 Å². The standard InChI is InChI=1S/C10H14N4O2S2/c1-6-13-14-9(18-6)12-8(15)10(7(11)17)2-4-16-5-3-10/h2-5H2,1H3,(H2,11,17)(H,12,14,15). The molecule has 0 aromatic carbocycles. The number of nitrogens with zero attached hydrogens (tertiary/aromatic N) is 2. The van der Waals surface area contributed by atoms with Crippen molar-refractivity contribution in [3.63, 3.8) is 0 Å². The van der Waals surface area contributed by atoms with Crippen molar-refractivity contribution >= 4 is 39.6 Å². The van der Waals surface area contributed by atoms with Crippen LogP contribution in [0.15, 0.2) is 0 Å². The number of hydrogen-bond acceptors (Lipinski definition) is 6. The van der Waals surface area contributed by atoms with Crippen molar-refractivity contribution in [3.8, 4) is 0 Å². The molecule has 1 amide bonds. The Morgan fingerprint density at radius 1 is 1.50 bits per heavy atom. The van der Waals surface area contributed by atoms with Crippen LogP contribution in [0.25, 0.3) is 0 Å². The van der Waals surface area contributed by atoms with Crippen LogP contribution in [0.1, 0.15) is 17.8 Å². The maximum Gasteiger partial charge on any atom is 0.239 e. The molecule has 1 fully saturated rings. The van der Waals surface area contributed by atoms with Crippen LogP contribution in [-0.2, 0) is 9.53 Å². The van der Waals surface area contributed by atoms with Crippen molar-refractivity contribution in [1.82, 2.24) is 10.2 Å². The van der Waals surface area contributed by atoms with Crippen molar-refractivity contribution in [1.29, 1.82) is 0 Å². The summed E-state index contributed by atoms with van der Waals surface area (Å²) in [6.07, 6.45) is 1.01. The van der Waals surface area contributed by atoms with Gasteiger partial charge in [0.2, 0.25) is 11.0 Å². The van der Waals surface area contributed by atoms with E-state index < -0.39 is 5.41 Å². The fourth-order valence-electron chi connectivity index (χ4n) is 1.87. The Kier molecular flexibility index (Phi) is 3.88. The molecule has 0 spiro atoms. The highest BCUT2D eigenvalue weighted by Gasteiger charge is 2.43. The molecular formula is C10H14N4O2S2. The van der Waals surface area contributed by atoms with Crippen LogP contribution in [0.4, 0.5) is 5.13 Å². The van der Waals surface area contributed by atoms with Crippen LogP contribution in [-0.4, -0.2) is 34.3 Å². The summed E-state index contributed by atoms with van der Waals surface area (Å²) in [4.78, 5) is 12.6. The Balaban J connectivity index is 2.16. The zero-order chi connectivity index (χ0) is 13.2. The predicted octanol–water partition coefficient (Wildman–Crippen LogP) is 0.868. The number of aryl methyl sites for hydroxylation is 1. The lowest BCUT2D eigenvalue weighted by molar-refractivity contribution is -0.126. The summed E-state index contributed by atoms with van der Waals surface area (Å²) in [7, 11) is 0. The molecule has 2 heterocycles. The molecule has 8 heteroatoms. The summed E-state index contributed by atoms with van der Waals surface area (Å²) >= 11 is 6.38. The van der Waals surface area contributed by atoms with E-state index in [9.17, 15) is 4.79 Å². The number of carbonyl (C=O) groups is 1. The smallest absolute Gasteiger partial charge is 0.239 e. The normalized spacial score (nSPS) is 18.3. The Bertz CT molecular complexity index is 468. The topological polar surface area (TPSA) is 90.1 Å². The SMILES string of the molecule is Cc1nnc(NC(=O)C2(C(N)=S)CCOCC2)s1. The van der Waals surface area contributed by atoms with Crippen LogP contribution in [0.2, 0.25) is 0 Å². The van der Waals surface area contributed by atoms with E-state index in [1.807, 2.05) is 6.92 Å². The van der Waals surface area contributed by atoms with Crippen LogP contribution in [0.3, 0.4) is 0 Å².